The first-order valence-electron chi connectivity index (χ1n) is 7.40. The molecule has 0 aliphatic carbocycles. The summed E-state index contributed by atoms with van der Waals surface area (Å²) in [6.07, 6.45) is 3.21. The van der Waals surface area contributed by atoms with Crippen molar-refractivity contribution in [2.75, 3.05) is 17.6 Å². The number of rotatable bonds is 9. The molecule has 8 nitrogen and oxygen atoms in total. The quantitative estimate of drug-likeness (QED) is 0.576. The molecule has 0 spiro atoms. The number of anilines is 1. The second-order valence-corrected chi connectivity index (χ2v) is 7.72. The van der Waals surface area contributed by atoms with E-state index in [2.05, 4.69) is 15.0 Å². The molecule has 3 amide bonds. The predicted octanol–water partition coefficient (Wildman–Crippen LogP) is 1.74. The molecule has 4 N–H and O–H groups in total. The lowest BCUT2D eigenvalue weighted by molar-refractivity contribution is 0.0998. The maximum absolute atomic E-state index is 12.4. The van der Waals surface area contributed by atoms with Crippen LogP contribution in [0, 0.1) is 0 Å². The molecular weight excluding hydrogens is 340 g/mol. The Morgan fingerprint density at radius 1 is 1.22 bits per heavy atom. The summed E-state index contributed by atoms with van der Waals surface area (Å²) in [4.78, 5) is 23.2. The van der Waals surface area contributed by atoms with Gasteiger partial charge in [-0.2, -0.15) is 4.37 Å². The SMILES string of the molecule is CCCCCCS(=O)(=O)c1nsc(NC(=O)NCC)c1C(N)=O. The van der Waals surface area contributed by atoms with Crippen LogP contribution in [0.5, 0.6) is 0 Å². The minimum absolute atomic E-state index is 0.0376. The predicted molar refractivity (Wildman–Crippen MR) is 89.5 cm³/mol. The van der Waals surface area contributed by atoms with E-state index in [4.69, 9.17) is 5.73 Å². The van der Waals surface area contributed by atoms with Crippen LogP contribution in [0.15, 0.2) is 5.03 Å². The molecule has 0 unspecified atom stereocenters. The Hall–Kier alpha value is -1.68. The van der Waals surface area contributed by atoms with Crippen LogP contribution in [0.3, 0.4) is 0 Å². The average molecular weight is 362 g/mol. The second-order valence-electron chi connectivity index (χ2n) is 4.92. The maximum Gasteiger partial charge on any atom is 0.319 e. The monoisotopic (exact) mass is 362 g/mol. The number of nitrogens with one attached hydrogen (secondary N) is 2. The van der Waals surface area contributed by atoms with Gasteiger partial charge in [-0.05, 0) is 24.9 Å². The van der Waals surface area contributed by atoms with Crippen molar-refractivity contribution in [3.8, 4) is 0 Å². The highest BCUT2D eigenvalue weighted by Crippen LogP contribution is 2.29. The second kappa shape index (κ2) is 8.82. The zero-order valence-corrected chi connectivity index (χ0v) is 14.8. The number of hydrogen-bond acceptors (Lipinski definition) is 6. The van der Waals surface area contributed by atoms with Gasteiger partial charge < -0.3 is 11.1 Å². The number of nitrogens with two attached hydrogens (primary N) is 1. The van der Waals surface area contributed by atoms with Gasteiger partial charge in [-0.25, -0.2) is 13.2 Å². The summed E-state index contributed by atoms with van der Waals surface area (Å²) in [6, 6.07) is -0.550. The molecule has 0 saturated carbocycles. The molecule has 1 heterocycles. The molecule has 10 heteroatoms. The van der Waals surface area contributed by atoms with Crippen molar-refractivity contribution in [1.29, 1.82) is 0 Å². The van der Waals surface area contributed by atoms with Crippen LogP contribution in [-0.4, -0.2) is 37.0 Å². The smallest absolute Gasteiger partial charge is 0.319 e. The molecule has 130 valence electrons. The topological polar surface area (TPSA) is 131 Å². The highest BCUT2D eigenvalue weighted by Gasteiger charge is 2.29. The number of aromatic nitrogens is 1. The van der Waals surface area contributed by atoms with Gasteiger partial charge in [-0.1, -0.05) is 26.2 Å². The van der Waals surface area contributed by atoms with Crippen LogP contribution in [0.2, 0.25) is 0 Å². The van der Waals surface area contributed by atoms with Gasteiger partial charge in [0.25, 0.3) is 5.91 Å². The van der Waals surface area contributed by atoms with Crippen molar-refractivity contribution in [2.45, 2.75) is 44.6 Å². The van der Waals surface area contributed by atoms with E-state index >= 15 is 0 Å². The Balaban J connectivity index is 3.00. The summed E-state index contributed by atoms with van der Waals surface area (Å²) in [5, 5.41) is 4.57. The van der Waals surface area contributed by atoms with Crippen molar-refractivity contribution in [2.24, 2.45) is 5.73 Å². The minimum Gasteiger partial charge on any atom is -0.365 e. The lowest BCUT2D eigenvalue weighted by Crippen LogP contribution is -2.29. The Morgan fingerprint density at radius 3 is 2.48 bits per heavy atom. The fourth-order valence-electron chi connectivity index (χ4n) is 1.91. The first kappa shape index (κ1) is 19.4. The molecule has 0 atom stereocenters. The van der Waals surface area contributed by atoms with Gasteiger partial charge >= 0.3 is 6.03 Å². The summed E-state index contributed by atoms with van der Waals surface area (Å²) in [5.41, 5.74) is 5.02. The normalized spacial score (nSPS) is 11.2. The van der Waals surface area contributed by atoms with Gasteiger partial charge in [-0.15, -0.1) is 0 Å². The summed E-state index contributed by atoms with van der Waals surface area (Å²) in [5.74, 6) is -1.03. The van der Waals surface area contributed by atoms with Crippen LogP contribution in [0.4, 0.5) is 9.80 Å². The largest absolute Gasteiger partial charge is 0.365 e. The third-order valence-electron chi connectivity index (χ3n) is 3.03. The van der Waals surface area contributed by atoms with Gasteiger partial charge in [0.15, 0.2) is 14.9 Å². The fraction of sp³-hybridized carbons (Fsp3) is 0.615. The highest BCUT2D eigenvalue weighted by molar-refractivity contribution is 7.91. The molecule has 0 radical (unpaired) electrons. The summed E-state index contributed by atoms with van der Waals surface area (Å²) in [6.45, 7) is 4.14. The van der Waals surface area contributed by atoms with Crippen molar-refractivity contribution in [3.63, 3.8) is 0 Å². The molecule has 0 bridgehead atoms. The van der Waals surface area contributed by atoms with Crippen LogP contribution in [0.25, 0.3) is 0 Å². The van der Waals surface area contributed by atoms with Gasteiger partial charge in [0, 0.05) is 6.54 Å². The summed E-state index contributed by atoms with van der Waals surface area (Å²) >= 11 is 0.727. The van der Waals surface area contributed by atoms with Crippen LogP contribution >= 0.6 is 11.5 Å². The molecular formula is C13H22N4O4S2. The van der Waals surface area contributed by atoms with Crippen molar-refractivity contribution >= 4 is 38.3 Å². The molecule has 0 aromatic carbocycles. The standard InChI is InChI=1S/C13H22N4O4S2/c1-3-5-6-7-8-23(20,21)12-9(10(14)18)11(22-17-12)16-13(19)15-4-2/h3-8H2,1-2H3,(H2,14,18)(H2,15,16,19). The molecule has 1 aromatic heterocycles. The van der Waals surface area contributed by atoms with Crippen molar-refractivity contribution in [3.05, 3.63) is 5.56 Å². The van der Waals surface area contributed by atoms with E-state index in [1.54, 1.807) is 6.92 Å². The van der Waals surface area contributed by atoms with Gasteiger partial charge in [0.1, 0.15) is 10.6 Å². The van der Waals surface area contributed by atoms with Crippen molar-refractivity contribution in [1.82, 2.24) is 9.69 Å². The van der Waals surface area contributed by atoms with Crippen molar-refractivity contribution < 1.29 is 18.0 Å². The molecule has 1 rings (SSSR count). The number of carbonyl (C=O) groups is 2. The van der Waals surface area contributed by atoms with Crippen LogP contribution in [-0.2, 0) is 9.84 Å². The number of hydrogen-bond donors (Lipinski definition) is 3. The highest BCUT2D eigenvalue weighted by atomic mass is 32.2. The van der Waals surface area contributed by atoms with E-state index in [1.807, 2.05) is 6.92 Å². The van der Waals surface area contributed by atoms with E-state index in [9.17, 15) is 18.0 Å². The average Bonchev–Trinajstić information content (AvgIpc) is 2.88. The Morgan fingerprint density at radius 2 is 1.91 bits per heavy atom. The molecule has 0 aliphatic heterocycles. The number of sulfone groups is 1. The molecule has 1 aromatic rings. The van der Waals surface area contributed by atoms with E-state index in [0.717, 1.165) is 30.8 Å². The number of nitrogens with zero attached hydrogens (tertiary/aromatic N) is 1. The lowest BCUT2D eigenvalue weighted by Gasteiger charge is -2.06. The van der Waals surface area contributed by atoms with Crippen LogP contribution < -0.4 is 16.4 Å². The van der Waals surface area contributed by atoms with Gasteiger partial charge in [0.05, 0.1) is 5.75 Å². The van der Waals surface area contributed by atoms with E-state index in [-0.39, 0.29) is 21.3 Å². The van der Waals surface area contributed by atoms with E-state index in [0.29, 0.717) is 13.0 Å². The maximum atomic E-state index is 12.4. The van der Waals surface area contributed by atoms with Crippen LogP contribution in [0.1, 0.15) is 49.9 Å². The third kappa shape index (κ3) is 5.47. The summed E-state index contributed by atoms with van der Waals surface area (Å²) in [7, 11) is -3.72. The lowest BCUT2D eigenvalue weighted by atomic mass is 10.2. The Bertz CT molecular complexity index is 655. The Labute approximate surface area is 139 Å². The van der Waals surface area contributed by atoms with Gasteiger partial charge in [-0.3, -0.25) is 10.1 Å². The zero-order valence-electron chi connectivity index (χ0n) is 13.2. The van der Waals surface area contributed by atoms with E-state index < -0.39 is 21.8 Å². The Kier molecular flexibility index (Phi) is 7.43. The minimum atomic E-state index is -3.72. The molecule has 0 saturated heterocycles. The van der Waals surface area contributed by atoms with E-state index in [1.165, 1.54) is 0 Å². The number of unbranched alkanes of at least 4 members (excludes halogenated alkanes) is 3. The number of carbonyl (C=O) groups excluding carboxylic acids is 2. The summed E-state index contributed by atoms with van der Waals surface area (Å²) < 4.78 is 28.5. The number of urea groups is 1. The first-order chi connectivity index (χ1) is 10.8. The first-order valence-corrected chi connectivity index (χ1v) is 9.83. The number of amides is 3. The van der Waals surface area contributed by atoms with Gasteiger partial charge in [0.2, 0.25) is 0 Å². The molecule has 0 aliphatic rings. The fourth-order valence-corrected chi connectivity index (χ4v) is 4.53. The molecule has 23 heavy (non-hydrogen) atoms. The number of primary amides is 1. The molecule has 0 fully saturated rings. The third-order valence-corrected chi connectivity index (χ3v) is 5.62. The zero-order chi connectivity index (χ0) is 17.5.